The van der Waals surface area contributed by atoms with Crippen LogP contribution in [0.3, 0.4) is 0 Å². The number of aromatic nitrogens is 2. The van der Waals surface area contributed by atoms with Crippen LogP contribution in [0.4, 0.5) is 5.69 Å². The Morgan fingerprint density at radius 3 is 2.74 bits per heavy atom. The van der Waals surface area contributed by atoms with Crippen LogP contribution in [-0.2, 0) is 11.3 Å². The highest BCUT2D eigenvalue weighted by atomic mass is 16.1. The van der Waals surface area contributed by atoms with Gasteiger partial charge in [-0.1, -0.05) is 6.07 Å². The first kappa shape index (κ1) is 13.3. The number of hydrogen-bond donors (Lipinski definition) is 2. The van der Waals surface area contributed by atoms with E-state index >= 15 is 0 Å². The zero-order chi connectivity index (χ0) is 14.0. The third-order valence-corrected chi connectivity index (χ3v) is 3.06. The second-order valence-corrected chi connectivity index (χ2v) is 4.50. The van der Waals surface area contributed by atoms with E-state index < -0.39 is 0 Å². The lowest BCUT2D eigenvalue weighted by Gasteiger charge is -2.08. The van der Waals surface area contributed by atoms with E-state index in [4.69, 9.17) is 5.73 Å². The van der Waals surface area contributed by atoms with Crippen LogP contribution in [0.5, 0.6) is 0 Å². The molecule has 19 heavy (non-hydrogen) atoms. The Balaban J connectivity index is 2.44. The van der Waals surface area contributed by atoms with Gasteiger partial charge in [-0.25, -0.2) is 4.68 Å². The van der Waals surface area contributed by atoms with Gasteiger partial charge in [-0.2, -0.15) is 5.10 Å². The molecule has 2 rings (SSSR count). The summed E-state index contributed by atoms with van der Waals surface area (Å²) in [6, 6.07) is 7.58. The zero-order valence-electron chi connectivity index (χ0n) is 11.4. The number of rotatable bonds is 3. The second-order valence-electron chi connectivity index (χ2n) is 4.50. The van der Waals surface area contributed by atoms with Crippen molar-refractivity contribution >= 4 is 11.6 Å². The maximum Gasteiger partial charge on any atom is 0.221 e. The van der Waals surface area contributed by atoms with Crippen molar-refractivity contribution in [3.8, 4) is 5.69 Å². The molecule has 1 heterocycles. The number of benzene rings is 1. The van der Waals surface area contributed by atoms with Gasteiger partial charge in [-0.05, 0) is 32.0 Å². The lowest BCUT2D eigenvalue weighted by atomic mass is 10.2. The summed E-state index contributed by atoms with van der Waals surface area (Å²) in [5, 5.41) is 7.26. The Hall–Kier alpha value is -2.14. The fourth-order valence-electron chi connectivity index (χ4n) is 2.14. The highest BCUT2D eigenvalue weighted by Gasteiger charge is 2.11. The fourth-order valence-corrected chi connectivity index (χ4v) is 2.14. The zero-order valence-corrected chi connectivity index (χ0v) is 11.4. The van der Waals surface area contributed by atoms with Crippen LogP contribution in [0, 0.1) is 13.8 Å². The van der Waals surface area contributed by atoms with Crippen molar-refractivity contribution in [3.05, 3.63) is 41.2 Å². The van der Waals surface area contributed by atoms with Gasteiger partial charge >= 0.3 is 0 Å². The third-order valence-electron chi connectivity index (χ3n) is 3.06. The van der Waals surface area contributed by atoms with E-state index in [1.807, 2.05) is 42.8 Å². The molecule has 0 bridgehead atoms. The van der Waals surface area contributed by atoms with Crippen molar-refractivity contribution in [2.45, 2.75) is 27.3 Å². The molecule has 2 aromatic rings. The molecule has 0 fully saturated rings. The standard InChI is InChI=1S/C14H18N4O/c1-9-14(8-15)10(2)18(17-9)13-6-4-5-12(7-13)16-11(3)19/h4-7H,8,15H2,1-3H3,(H,16,19). The van der Waals surface area contributed by atoms with E-state index in [1.165, 1.54) is 6.92 Å². The first-order valence-corrected chi connectivity index (χ1v) is 6.16. The number of nitrogens with two attached hydrogens (primary N) is 1. The van der Waals surface area contributed by atoms with E-state index in [9.17, 15) is 4.79 Å². The minimum atomic E-state index is -0.0897. The molecule has 0 atom stereocenters. The summed E-state index contributed by atoms with van der Waals surface area (Å²) in [6.07, 6.45) is 0. The average Bonchev–Trinajstić information content (AvgIpc) is 2.64. The Kier molecular flexibility index (Phi) is 3.66. The molecule has 0 spiro atoms. The molecule has 0 aliphatic carbocycles. The van der Waals surface area contributed by atoms with Gasteiger partial charge < -0.3 is 11.1 Å². The molecule has 1 amide bonds. The largest absolute Gasteiger partial charge is 0.326 e. The number of aryl methyl sites for hydroxylation is 1. The number of anilines is 1. The number of amides is 1. The smallest absolute Gasteiger partial charge is 0.221 e. The SMILES string of the molecule is CC(=O)Nc1cccc(-n2nc(C)c(CN)c2C)c1. The van der Waals surface area contributed by atoms with Crippen molar-refractivity contribution in [1.29, 1.82) is 0 Å². The molecule has 100 valence electrons. The van der Waals surface area contributed by atoms with Crippen LogP contribution in [0.2, 0.25) is 0 Å². The highest BCUT2D eigenvalue weighted by molar-refractivity contribution is 5.88. The molecule has 1 aromatic heterocycles. The normalized spacial score (nSPS) is 10.5. The summed E-state index contributed by atoms with van der Waals surface area (Å²) >= 11 is 0. The highest BCUT2D eigenvalue weighted by Crippen LogP contribution is 2.20. The number of nitrogens with zero attached hydrogens (tertiary/aromatic N) is 2. The number of carbonyl (C=O) groups is 1. The van der Waals surface area contributed by atoms with Gasteiger partial charge in [-0.3, -0.25) is 4.79 Å². The van der Waals surface area contributed by atoms with E-state index in [2.05, 4.69) is 10.4 Å². The van der Waals surface area contributed by atoms with Gasteiger partial charge in [-0.15, -0.1) is 0 Å². The van der Waals surface area contributed by atoms with Crippen molar-refractivity contribution in [2.75, 3.05) is 5.32 Å². The first-order chi connectivity index (χ1) is 9.02. The maximum atomic E-state index is 11.1. The van der Waals surface area contributed by atoms with Crippen LogP contribution >= 0.6 is 0 Å². The van der Waals surface area contributed by atoms with E-state index in [-0.39, 0.29) is 5.91 Å². The molecule has 0 aliphatic heterocycles. The topological polar surface area (TPSA) is 72.9 Å². The molecule has 0 unspecified atom stereocenters. The second kappa shape index (κ2) is 5.24. The van der Waals surface area contributed by atoms with Crippen LogP contribution in [-0.4, -0.2) is 15.7 Å². The molecule has 1 aromatic carbocycles. The minimum Gasteiger partial charge on any atom is -0.326 e. The molecular formula is C14H18N4O. The lowest BCUT2D eigenvalue weighted by Crippen LogP contribution is -2.07. The van der Waals surface area contributed by atoms with Gasteiger partial charge in [0.25, 0.3) is 0 Å². The quantitative estimate of drug-likeness (QED) is 0.883. The predicted molar refractivity (Wildman–Crippen MR) is 75.2 cm³/mol. The third kappa shape index (κ3) is 2.66. The molecule has 0 saturated carbocycles. The summed E-state index contributed by atoms with van der Waals surface area (Å²) in [5.41, 5.74) is 10.4. The van der Waals surface area contributed by atoms with Gasteiger partial charge in [0.15, 0.2) is 0 Å². The lowest BCUT2D eigenvalue weighted by molar-refractivity contribution is -0.114. The van der Waals surface area contributed by atoms with Crippen LogP contribution < -0.4 is 11.1 Å². The van der Waals surface area contributed by atoms with Gasteiger partial charge in [0.2, 0.25) is 5.91 Å². The Morgan fingerprint density at radius 1 is 1.42 bits per heavy atom. The van der Waals surface area contributed by atoms with Crippen molar-refractivity contribution in [3.63, 3.8) is 0 Å². The summed E-state index contributed by atoms with van der Waals surface area (Å²) < 4.78 is 1.85. The predicted octanol–water partition coefficient (Wildman–Crippen LogP) is 1.91. The summed E-state index contributed by atoms with van der Waals surface area (Å²) in [5.74, 6) is -0.0897. The number of hydrogen-bond acceptors (Lipinski definition) is 3. The Morgan fingerprint density at radius 2 is 2.16 bits per heavy atom. The first-order valence-electron chi connectivity index (χ1n) is 6.16. The molecule has 0 saturated heterocycles. The molecule has 0 radical (unpaired) electrons. The fraction of sp³-hybridized carbons (Fsp3) is 0.286. The Bertz CT molecular complexity index is 616. The van der Waals surface area contributed by atoms with E-state index in [0.29, 0.717) is 6.54 Å². The molecule has 3 N–H and O–H groups in total. The number of carbonyl (C=O) groups excluding carboxylic acids is 1. The maximum absolute atomic E-state index is 11.1. The molecule has 5 heteroatoms. The van der Waals surface area contributed by atoms with Crippen LogP contribution in [0.25, 0.3) is 5.69 Å². The van der Waals surface area contributed by atoms with Gasteiger partial charge in [0.05, 0.1) is 11.4 Å². The minimum absolute atomic E-state index is 0.0897. The Labute approximate surface area is 112 Å². The van der Waals surface area contributed by atoms with Crippen LogP contribution in [0.15, 0.2) is 24.3 Å². The molecule has 0 aliphatic rings. The van der Waals surface area contributed by atoms with Crippen molar-refractivity contribution in [2.24, 2.45) is 5.73 Å². The average molecular weight is 258 g/mol. The summed E-state index contributed by atoms with van der Waals surface area (Å²) in [4.78, 5) is 11.1. The van der Waals surface area contributed by atoms with E-state index in [1.54, 1.807) is 0 Å². The summed E-state index contributed by atoms with van der Waals surface area (Å²) in [7, 11) is 0. The summed E-state index contributed by atoms with van der Waals surface area (Å²) in [6.45, 7) is 5.90. The van der Waals surface area contributed by atoms with Crippen LogP contribution in [0.1, 0.15) is 23.9 Å². The van der Waals surface area contributed by atoms with Crippen molar-refractivity contribution in [1.82, 2.24) is 9.78 Å². The molecule has 5 nitrogen and oxygen atoms in total. The van der Waals surface area contributed by atoms with E-state index in [0.717, 1.165) is 28.3 Å². The monoisotopic (exact) mass is 258 g/mol. The molecular weight excluding hydrogens is 240 g/mol. The van der Waals surface area contributed by atoms with Crippen molar-refractivity contribution < 1.29 is 4.79 Å². The number of nitrogens with one attached hydrogen (secondary N) is 1. The van der Waals surface area contributed by atoms with Gasteiger partial charge in [0, 0.05) is 30.4 Å². The van der Waals surface area contributed by atoms with Gasteiger partial charge in [0.1, 0.15) is 0 Å².